The molecule has 0 fully saturated rings. The first-order valence-corrected chi connectivity index (χ1v) is 3.93. The fraction of sp³-hybridized carbons (Fsp3) is 0.333. The van der Waals surface area contributed by atoms with E-state index >= 15 is 0 Å². The van der Waals surface area contributed by atoms with Crippen LogP contribution in [0.3, 0.4) is 0 Å². The molecule has 0 aliphatic rings. The van der Waals surface area contributed by atoms with Crippen molar-refractivity contribution in [2.75, 3.05) is 0 Å². The SMILES string of the molecule is CC(C)(Cl)c1ccccc1.OO. The summed E-state index contributed by atoms with van der Waals surface area (Å²) in [5.74, 6) is 0. The second kappa shape index (κ2) is 5.14. The highest BCUT2D eigenvalue weighted by Gasteiger charge is 2.14. The molecular formula is C9H13ClO2. The standard InChI is InChI=1S/C9H11Cl.H2O2/c1-9(2,10)8-6-4-3-5-7-8;1-2/h3-7H,1-2H3;1-2H. The van der Waals surface area contributed by atoms with Gasteiger partial charge in [-0.2, -0.15) is 0 Å². The van der Waals surface area contributed by atoms with E-state index in [4.69, 9.17) is 22.1 Å². The third-order valence-corrected chi connectivity index (χ3v) is 1.68. The number of rotatable bonds is 1. The molecule has 1 rings (SSSR count). The summed E-state index contributed by atoms with van der Waals surface area (Å²) < 4.78 is 0. The van der Waals surface area contributed by atoms with E-state index in [0.717, 1.165) is 5.56 Å². The fourth-order valence-electron chi connectivity index (χ4n) is 0.834. The fourth-order valence-corrected chi connectivity index (χ4v) is 0.960. The van der Waals surface area contributed by atoms with Crippen molar-refractivity contribution in [1.29, 1.82) is 0 Å². The zero-order chi connectivity index (χ0) is 9.61. The lowest BCUT2D eigenvalue weighted by Crippen LogP contribution is -2.06. The summed E-state index contributed by atoms with van der Waals surface area (Å²) >= 11 is 6.06. The highest BCUT2D eigenvalue weighted by atomic mass is 35.5. The lowest BCUT2D eigenvalue weighted by molar-refractivity contribution is -0.176. The first kappa shape index (κ1) is 11.4. The van der Waals surface area contributed by atoms with E-state index < -0.39 is 0 Å². The number of benzene rings is 1. The van der Waals surface area contributed by atoms with Gasteiger partial charge >= 0.3 is 0 Å². The molecule has 12 heavy (non-hydrogen) atoms. The summed E-state index contributed by atoms with van der Waals surface area (Å²) in [4.78, 5) is -0.235. The van der Waals surface area contributed by atoms with Crippen LogP contribution in [0.5, 0.6) is 0 Å². The molecule has 0 unspecified atom stereocenters. The Bertz CT molecular complexity index is 204. The summed E-state index contributed by atoms with van der Waals surface area (Å²) in [6.45, 7) is 3.98. The van der Waals surface area contributed by atoms with E-state index in [1.54, 1.807) is 0 Å². The molecule has 0 atom stereocenters. The molecule has 0 aliphatic carbocycles. The highest BCUT2D eigenvalue weighted by Crippen LogP contribution is 2.26. The van der Waals surface area contributed by atoms with Gasteiger partial charge in [-0.25, -0.2) is 0 Å². The van der Waals surface area contributed by atoms with E-state index in [1.807, 2.05) is 44.2 Å². The smallest absolute Gasteiger partial charge is 0.0638 e. The van der Waals surface area contributed by atoms with Crippen molar-refractivity contribution in [3.63, 3.8) is 0 Å². The number of hydrogen-bond acceptors (Lipinski definition) is 2. The van der Waals surface area contributed by atoms with Crippen LogP contribution in [0.4, 0.5) is 0 Å². The first-order valence-electron chi connectivity index (χ1n) is 3.55. The lowest BCUT2D eigenvalue weighted by atomic mass is 10.0. The monoisotopic (exact) mass is 188 g/mol. The Morgan fingerprint density at radius 2 is 1.50 bits per heavy atom. The maximum Gasteiger partial charge on any atom is 0.0638 e. The molecule has 0 aromatic heterocycles. The number of alkyl halides is 1. The van der Waals surface area contributed by atoms with Crippen molar-refractivity contribution < 1.29 is 10.5 Å². The van der Waals surface area contributed by atoms with Gasteiger partial charge in [-0.05, 0) is 19.4 Å². The van der Waals surface area contributed by atoms with Gasteiger partial charge in [-0.15, -0.1) is 11.6 Å². The Hall–Kier alpha value is -0.570. The Balaban J connectivity index is 0.000000561. The van der Waals surface area contributed by atoms with E-state index in [1.165, 1.54) is 0 Å². The van der Waals surface area contributed by atoms with Gasteiger partial charge in [0.25, 0.3) is 0 Å². The van der Waals surface area contributed by atoms with E-state index in [2.05, 4.69) is 0 Å². The molecular weight excluding hydrogens is 176 g/mol. The molecule has 1 aromatic rings. The van der Waals surface area contributed by atoms with Crippen LogP contribution in [0, 0.1) is 0 Å². The van der Waals surface area contributed by atoms with Gasteiger partial charge in [-0.1, -0.05) is 30.3 Å². The Labute approximate surface area is 77.4 Å². The quantitative estimate of drug-likeness (QED) is 0.404. The van der Waals surface area contributed by atoms with Gasteiger partial charge in [0.05, 0.1) is 4.87 Å². The maximum atomic E-state index is 6.06. The van der Waals surface area contributed by atoms with E-state index in [9.17, 15) is 0 Å². The van der Waals surface area contributed by atoms with Crippen LogP contribution in [0.25, 0.3) is 0 Å². The summed E-state index contributed by atoms with van der Waals surface area (Å²) in [7, 11) is 0. The van der Waals surface area contributed by atoms with Gasteiger partial charge in [0.1, 0.15) is 0 Å². The van der Waals surface area contributed by atoms with Gasteiger partial charge in [0.15, 0.2) is 0 Å². The first-order chi connectivity index (χ1) is 5.61. The molecule has 68 valence electrons. The molecule has 0 saturated heterocycles. The molecule has 0 aliphatic heterocycles. The molecule has 0 spiro atoms. The zero-order valence-electron chi connectivity index (χ0n) is 7.16. The van der Waals surface area contributed by atoms with Gasteiger partial charge in [0.2, 0.25) is 0 Å². The normalized spacial score (nSPS) is 10.1. The molecule has 2 nitrogen and oxygen atoms in total. The number of halogens is 1. The lowest BCUT2D eigenvalue weighted by Gasteiger charge is -2.15. The third-order valence-electron chi connectivity index (χ3n) is 1.46. The molecule has 0 saturated carbocycles. The average molecular weight is 189 g/mol. The van der Waals surface area contributed by atoms with Crippen molar-refractivity contribution in [2.24, 2.45) is 0 Å². The highest BCUT2D eigenvalue weighted by molar-refractivity contribution is 6.23. The van der Waals surface area contributed by atoms with Gasteiger partial charge < -0.3 is 0 Å². The van der Waals surface area contributed by atoms with Crippen LogP contribution in [-0.4, -0.2) is 10.5 Å². The summed E-state index contributed by atoms with van der Waals surface area (Å²) in [6.07, 6.45) is 0. The Kier molecular flexibility index (Phi) is 4.90. The summed E-state index contributed by atoms with van der Waals surface area (Å²) in [5.41, 5.74) is 1.16. The van der Waals surface area contributed by atoms with E-state index in [0.29, 0.717) is 0 Å². The second-order valence-corrected chi connectivity index (χ2v) is 3.78. The minimum atomic E-state index is -0.235. The van der Waals surface area contributed by atoms with Crippen LogP contribution >= 0.6 is 11.6 Å². The van der Waals surface area contributed by atoms with Gasteiger partial charge in [-0.3, -0.25) is 10.5 Å². The maximum absolute atomic E-state index is 6.06. The Morgan fingerprint density at radius 1 is 1.08 bits per heavy atom. The summed E-state index contributed by atoms with van der Waals surface area (Å²) in [6, 6.07) is 10.1. The van der Waals surface area contributed by atoms with Crippen LogP contribution in [0.15, 0.2) is 30.3 Å². The summed E-state index contributed by atoms with van der Waals surface area (Å²) in [5, 5.41) is 12.0. The molecule has 3 heteroatoms. The third kappa shape index (κ3) is 3.72. The predicted molar refractivity (Wildman–Crippen MR) is 50.6 cm³/mol. The van der Waals surface area contributed by atoms with E-state index in [-0.39, 0.29) is 4.87 Å². The largest absolute Gasteiger partial charge is 0.255 e. The molecule has 2 N–H and O–H groups in total. The van der Waals surface area contributed by atoms with Crippen molar-refractivity contribution in [2.45, 2.75) is 18.7 Å². The minimum Gasteiger partial charge on any atom is -0.255 e. The van der Waals surface area contributed by atoms with Crippen molar-refractivity contribution in [3.05, 3.63) is 35.9 Å². The van der Waals surface area contributed by atoms with Crippen LogP contribution in [0.2, 0.25) is 0 Å². The second-order valence-electron chi connectivity index (χ2n) is 2.84. The van der Waals surface area contributed by atoms with Crippen molar-refractivity contribution in [3.8, 4) is 0 Å². The molecule has 0 heterocycles. The number of hydrogen-bond donors (Lipinski definition) is 2. The average Bonchev–Trinajstić information content (AvgIpc) is 2.08. The van der Waals surface area contributed by atoms with Crippen molar-refractivity contribution >= 4 is 11.6 Å². The van der Waals surface area contributed by atoms with Crippen LogP contribution in [-0.2, 0) is 4.87 Å². The van der Waals surface area contributed by atoms with Crippen molar-refractivity contribution in [1.82, 2.24) is 0 Å². The topological polar surface area (TPSA) is 40.5 Å². The minimum absolute atomic E-state index is 0.235. The molecule has 1 aromatic carbocycles. The zero-order valence-corrected chi connectivity index (χ0v) is 7.92. The Morgan fingerprint density at radius 3 is 1.75 bits per heavy atom. The van der Waals surface area contributed by atoms with Crippen LogP contribution in [0.1, 0.15) is 19.4 Å². The van der Waals surface area contributed by atoms with Gasteiger partial charge in [0, 0.05) is 0 Å². The molecule has 0 radical (unpaired) electrons. The molecule has 0 bridgehead atoms. The molecule has 0 amide bonds. The predicted octanol–water partition coefficient (Wildman–Crippen LogP) is 3.18. The van der Waals surface area contributed by atoms with Crippen LogP contribution < -0.4 is 0 Å².